The van der Waals surface area contributed by atoms with Crippen LogP contribution in [0.2, 0.25) is 5.02 Å². The second-order valence-corrected chi connectivity index (χ2v) is 7.12. The van der Waals surface area contributed by atoms with Crippen LogP contribution in [0.5, 0.6) is 0 Å². The van der Waals surface area contributed by atoms with Crippen molar-refractivity contribution in [2.75, 3.05) is 37.7 Å². The highest BCUT2D eigenvalue weighted by molar-refractivity contribution is 7.99. The van der Waals surface area contributed by atoms with E-state index in [4.69, 9.17) is 22.1 Å². The molecule has 1 fully saturated rings. The summed E-state index contributed by atoms with van der Waals surface area (Å²) in [5.41, 5.74) is 6.41. The van der Waals surface area contributed by atoms with Crippen molar-refractivity contribution in [1.29, 1.82) is 0 Å². The van der Waals surface area contributed by atoms with Crippen molar-refractivity contribution >= 4 is 29.1 Å². The van der Waals surface area contributed by atoms with Crippen LogP contribution in [0.15, 0.2) is 23.1 Å². The number of halogens is 1. The summed E-state index contributed by atoms with van der Waals surface area (Å²) in [5, 5.41) is 0.727. The molecule has 1 aliphatic rings. The van der Waals surface area contributed by atoms with Crippen molar-refractivity contribution in [3.63, 3.8) is 0 Å². The molecule has 112 valence electrons. The molecule has 0 spiro atoms. The molecule has 1 heterocycles. The lowest BCUT2D eigenvalue weighted by atomic mass is 10.2. The van der Waals surface area contributed by atoms with E-state index in [1.165, 1.54) is 0 Å². The van der Waals surface area contributed by atoms with E-state index >= 15 is 0 Å². The van der Waals surface area contributed by atoms with E-state index in [-0.39, 0.29) is 6.10 Å². The summed E-state index contributed by atoms with van der Waals surface area (Å²) in [6, 6.07) is 5.68. The number of ether oxygens (including phenoxy) is 1. The number of hydrogen-bond acceptors (Lipinski definition) is 4. The van der Waals surface area contributed by atoms with Crippen LogP contribution in [0.4, 0.5) is 5.69 Å². The molecule has 0 aliphatic carbocycles. The minimum atomic E-state index is 0.279. The maximum atomic E-state index is 6.19. The Kier molecular flexibility index (Phi) is 6.02. The Morgan fingerprint density at radius 2 is 2.30 bits per heavy atom. The van der Waals surface area contributed by atoms with Gasteiger partial charge in [0.15, 0.2) is 0 Å². The smallest absolute Gasteiger partial charge is 0.0796 e. The molecule has 0 bridgehead atoms. The second-order valence-electron chi connectivity index (χ2n) is 5.65. The highest BCUT2D eigenvalue weighted by atomic mass is 35.5. The van der Waals surface area contributed by atoms with Crippen molar-refractivity contribution in [2.24, 2.45) is 5.92 Å². The first-order valence-electron chi connectivity index (χ1n) is 7.06. The van der Waals surface area contributed by atoms with Crippen LogP contribution in [0.25, 0.3) is 0 Å². The molecule has 3 nitrogen and oxygen atoms in total. The number of anilines is 1. The van der Waals surface area contributed by atoms with E-state index in [9.17, 15) is 0 Å². The van der Waals surface area contributed by atoms with Crippen LogP contribution in [0, 0.1) is 5.92 Å². The van der Waals surface area contributed by atoms with Gasteiger partial charge in [-0.1, -0.05) is 25.4 Å². The third-order valence-corrected chi connectivity index (χ3v) is 4.86. The summed E-state index contributed by atoms with van der Waals surface area (Å²) in [5.74, 6) is 1.63. The van der Waals surface area contributed by atoms with Gasteiger partial charge in [0.25, 0.3) is 0 Å². The van der Waals surface area contributed by atoms with Gasteiger partial charge in [-0.15, -0.1) is 11.8 Å². The predicted molar refractivity (Wildman–Crippen MR) is 87.6 cm³/mol. The third-order valence-electron chi connectivity index (χ3n) is 3.23. The van der Waals surface area contributed by atoms with Gasteiger partial charge in [0.2, 0.25) is 0 Å². The van der Waals surface area contributed by atoms with Gasteiger partial charge in [0.05, 0.1) is 17.7 Å². The number of rotatable bonds is 5. The molecule has 1 unspecified atom stereocenters. The SMILES string of the molecule is CC(C)CN1CCOC(CSc2ccc(N)cc2Cl)C1. The molecule has 0 saturated carbocycles. The van der Waals surface area contributed by atoms with E-state index < -0.39 is 0 Å². The molecule has 0 amide bonds. The quantitative estimate of drug-likeness (QED) is 0.668. The summed E-state index contributed by atoms with van der Waals surface area (Å²) in [7, 11) is 0. The van der Waals surface area contributed by atoms with E-state index in [0.29, 0.717) is 11.6 Å². The van der Waals surface area contributed by atoms with Crippen LogP contribution in [-0.4, -0.2) is 43.0 Å². The number of thioether (sulfide) groups is 1. The zero-order valence-corrected chi connectivity index (χ0v) is 13.7. The zero-order chi connectivity index (χ0) is 14.5. The zero-order valence-electron chi connectivity index (χ0n) is 12.1. The molecular formula is C15H23ClN2OS. The standard InChI is InChI=1S/C15H23ClN2OS/c1-11(2)8-18-5-6-19-13(9-18)10-20-15-4-3-12(17)7-14(15)16/h3-4,7,11,13H,5-6,8-10,17H2,1-2H3. The first-order valence-corrected chi connectivity index (χ1v) is 8.42. The topological polar surface area (TPSA) is 38.5 Å². The Bertz CT molecular complexity index is 442. The molecule has 2 N–H and O–H groups in total. The first-order chi connectivity index (χ1) is 9.54. The van der Waals surface area contributed by atoms with Crippen molar-refractivity contribution in [1.82, 2.24) is 4.90 Å². The lowest BCUT2D eigenvalue weighted by Gasteiger charge is -2.33. The normalized spacial score (nSPS) is 20.5. The fourth-order valence-electron chi connectivity index (χ4n) is 2.38. The van der Waals surface area contributed by atoms with Crippen molar-refractivity contribution in [3.8, 4) is 0 Å². The molecule has 1 atom stereocenters. The summed E-state index contributed by atoms with van der Waals surface area (Å²) in [6.07, 6.45) is 0.279. The molecule has 2 rings (SSSR count). The van der Waals surface area contributed by atoms with Gasteiger partial charge >= 0.3 is 0 Å². The molecule has 1 aliphatic heterocycles. The van der Waals surface area contributed by atoms with E-state index in [2.05, 4.69) is 18.7 Å². The number of nitrogens with two attached hydrogens (primary N) is 1. The minimum absolute atomic E-state index is 0.279. The third kappa shape index (κ3) is 4.85. The number of nitrogens with zero attached hydrogens (tertiary/aromatic N) is 1. The van der Waals surface area contributed by atoms with Crippen molar-refractivity contribution in [3.05, 3.63) is 23.2 Å². The van der Waals surface area contributed by atoms with Gasteiger partial charge in [-0.25, -0.2) is 0 Å². The Labute approximate surface area is 130 Å². The van der Waals surface area contributed by atoms with Crippen LogP contribution in [0.3, 0.4) is 0 Å². The molecule has 20 heavy (non-hydrogen) atoms. The largest absolute Gasteiger partial charge is 0.399 e. The molecule has 0 radical (unpaired) electrons. The monoisotopic (exact) mass is 314 g/mol. The highest BCUT2D eigenvalue weighted by Gasteiger charge is 2.21. The van der Waals surface area contributed by atoms with Gasteiger partial charge in [-0.05, 0) is 24.1 Å². The number of hydrogen-bond donors (Lipinski definition) is 1. The van der Waals surface area contributed by atoms with E-state index in [1.807, 2.05) is 12.1 Å². The average Bonchev–Trinajstić information content (AvgIpc) is 2.37. The van der Waals surface area contributed by atoms with Crippen LogP contribution >= 0.6 is 23.4 Å². The Morgan fingerprint density at radius 3 is 3.00 bits per heavy atom. The average molecular weight is 315 g/mol. The van der Waals surface area contributed by atoms with Crippen molar-refractivity contribution in [2.45, 2.75) is 24.8 Å². The minimum Gasteiger partial charge on any atom is -0.399 e. The maximum absolute atomic E-state index is 6.19. The number of morpholine rings is 1. The predicted octanol–water partition coefficient (Wildman–Crippen LogP) is 3.37. The van der Waals surface area contributed by atoms with Gasteiger partial charge < -0.3 is 10.5 Å². The van der Waals surface area contributed by atoms with Gasteiger partial charge in [0, 0.05) is 36.0 Å². The Morgan fingerprint density at radius 1 is 1.50 bits per heavy atom. The second kappa shape index (κ2) is 7.55. The molecular weight excluding hydrogens is 292 g/mol. The van der Waals surface area contributed by atoms with Gasteiger partial charge in [-0.3, -0.25) is 4.90 Å². The molecule has 1 aromatic carbocycles. The van der Waals surface area contributed by atoms with Gasteiger partial charge in [-0.2, -0.15) is 0 Å². The number of benzene rings is 1. The molecule has 0 aromatic heterocycles. The van der Waals surface area contributed by atoms with E-state index in [1.54, 1.807) is 17.8 Å². The van der Waals surface area contributed by atoms with Crippen LogP contribution in [0.1, 0.15) is 13.8 Å². The van der Waals surface area contributed by atoms with E-state index in [0.717, 1.165) is 41.9 Å². The summed E-state index contributed by atoms with van der Waals surface area (Å²) in [4.78, 5) is 3.56. The molecule has 1 aromatic rings. The Balaban J connectivity index is 1.84. The summed E-state index contributed by atoms with van der Waals surface area (Å²) in [6.45, 7) is 8.54. The fraction of sp³-hybridized carbons (Fsp3) is 0.600. The fourth-order valence-corrected chi connectivity index (χ4v) is 3.66. The summed E-state index contributed by atoms with van der Waals surface area (Å²) >= 11 is 7.94. The Hall–Kier alpha value is -0.420. The van der Waals surface area contributed by atoms with Crippen molar-refractivity contribution < 1.29 is 4.74 Å². The molecule has 5 heteroatoms. The maximum Gasteiger partial charge on any atom is 0.0796 e. The van der Waals surface area contributed by atoms with Gasteiger partial charge in [0.1, 0.15) is 0 Å². The highest BCUT2D eigenvalue weighted by Crippen LogP contribution is 2.30. The van der Waals surface area contributed by atoms with Crippen LogP contribution in [-0.2, 0) is 4.74 Å². The molecule has 1 saturated heterocycles. The van der Waals surface area contributed by atoms with Crippen LogP contribution < -0.4 is 5.73 Å². The number of nitrogen functional groups attached to an aromatic ring is 1. The lowest BCUT2D eigenvalue weighted by molar-refractivity contribution is -0.0191. The first kappa shape index (κ1) is 16.0. The lowest BCUT2D eigenvalue weighted by Crippen LogP contribution is -2.44. The summed E-state index contributed by atoms with van der Waals surface area (Å²) < 4.78 is 5.84.